The smallest absolute Gasteiger partial charge is 0.379 e. The van der Waals surface area contributed by atoms with Crippen molar-refractivity contribution in [2.24, 2.45) is 0 Å². The minimum atomic E-state index is -6.18. The fraction of sp³-hybridized carbons (Fsp3) is 0.238. The molecule has 2 heterocycles. The summed E-state index contributed by atoms with van der Waals surface area (Å²) < 4.78 is 111. The SMILES string of the molecule is N=C(/C=C(\NCc1ccccc1F)c1ccon1)c1nc(Cl)c(F)c(NCC(O)(C(F)(F)F)C(F)(F)F)n1. The van der Waals surface area contributed by atoms with Crippen molar-refractivity contribution in [1.82, 2.24) is 20.4 Å². The van der Waals surface area contributed by atoms with Crippen LogP contribution in [0.15, 0.2) is 47.2 Å². The maximum atomic E-state index is 14.3. The van der Waals surface area contributed by atoms with Crippen LogP contribution < -0.4 is 10.6 Å². The van der Waals surface area contributed by atoms with Crippen molar-refractivity contribution in [2.45, 2.75) is 24.5 Å². The van der Waals surface area contributed by atoms with Crippen molar-refractivity contribution in [3.05, 3.63) is 76.5 Å². The number of halogens is 9. The van der Waals surface area contributed by atoms with E-state index < -0.39 is 58.6 Å². The van der Waals surface area contributed by atoms with E-state index in [-0.39, 0.29) is 23.5 Å². The van der Waals surface area contributed by atoms with Crippen molar-refractivity contribution in [3.63, 3.8) is 0 Å². The van der Waals surface area contributed by atoms with Gasteiger partial charge in [-0.1, -0.05) is 35.0 Å². The van der Waals surface area contributed by atoms with E-state index in [4.69, 9.17) is 21.5 Å². The molecule has 1 aromatic carbocycles. The first kappa shape index (κ1) is 28.8. The molecule has 0 saturated carbocycles. The summed E-state index contributed by atoms with van der Waals surface area (Å²) in [6, 6.07) is 7.07. The fourth-order valence-electron chi connectivity index (χ4n) is 2.84. The topological polar surface area (TPSA) is 120 Å². The minimum Gasteiger partial charge on any atom is -0.379 e. The number of hydrogen-bond donors (Lipinski definition) is 4. The molecule has 0 fully saturated rings. The van der Waals surface area contributed by atoms with Crippen LogP contribution in [0.2, 0.25) is 5.15 Å². The molecular weight excluding hydrogens is 556 g/mol. The predicted molar refractivity (Wildman–Crippen MR) is 117 cm³/mol. The van der Waals surface area contributed by atoms with Gasteiger partial charge >= 0.3 is 12.4 Å². The van der Waals surface area contributed by atoms with Gasteiger partial charge in [-0.2, -0.15) is 30.7 Å². The average Bonchev–Trinajstić information content (AvgIpc) is 3.36. The second-order valence-corrected chi connectivity index (χ2v) is 7.87. The van der Waals surface area contributed by atoms with Gasteiger partial charge in [-0.05, 0) is 12.1 Å². The van der Waals surface area contributed by atoms with Gasteiger partial charge in [0.05, 0.1) is 12.2 Å². The molecule has 204 valence electrons. The zero-order valence-electron chi connectivity index (χ0n) is 18.6. The van der Waals surface area contributed by atoms with Crippen molar-refractivity contribution in [3.8, 4) is 0 Å². The summed E-state index contributed by atoms with van der Waals surface area (Å²) in [7, 11) is 0. The molecule has 0 aliphatic carbocycles. The Morgan fingerprint density at radius 1 is 1.05 bits per heavy atom. The molecule has 0 amide bonds. The molecule has 0 atom stereocenters. The second kappa shape index (κ2) is 10.9. The van der Waals surface area contributed by atoms with Gasteiger partial charge < -0.3 is 20.3 Å². The van der Waals surface area contributed by atoms with E-state index in [1.54, 1.807) is 6.07 Å². The number of allylic oxidation sites excluding steroid dienone is 1. The van der Waals surface area contributed by atoms with E-state index >= 15 is 0 Å². The highest BCUT2D eigenvalue weighted by molar-refractivity contribution is 6.30. The fourth-order valence-corrected chi connectivity index (χ4v) is 3.01. The Morgan fingerprint density at radius 2 is 1.71 bits per heavy atom. The predicted octanol–water partition coefficient (Wildman–Crippen LogP) is 4.86. The van der Waals surface area contributed by atoms with Crippen molar-refractivity contribution in [2.75, 3.05) is 11.9 Å². The number of alkyl halides is 6. The van der Waals surface area contributed by atoms with Gasteiger partial charge in [0.2, 0.25) is 5.82 Å². The molecule has 8 nitrogen and oxygen atoms in total. The van der Waals surface area contributed by atoms with Gasteiger partial charge in [-0.3, -0.25) is 5.41 Å². The van der Waals surface area contributed by atoms with Gasteiger partial charge in [-0.25, -0.2) is 14.4 Å². The largest absolute Gasteiger partial charge is 0.428 e. The molecule has 4 N–H and O–H groups in total. The number of benzene rings is 1. The van der Waals surface area contributed by atoms with E-state index in [1.807, 2.05) is 0 Å². The summed E-state index contributed by atoms with van der Waals surface area (Å²) in [5.41, 5.74) is -5.54. The minimum absolute atomic E-state index is 0.0362. The van der Waals surface area contributed by atoms with Crippen LogP contribution in [0.4, 0.5) is 40.9 Å². The third kappa shape index (κ3) is 6.19. The summed E-state index contributed by atoms with van der Waals surface area (Å²) in [5.74, 6) is -4.15. The lowest BCUT2D eigenvalue weighted by Gasteiger charge is -2.32. The van der Waals surface area contributed by atoms with E-state index in [9.17, 15) is 40.2 Å². The summed E-state index contributed by atoms with van der Waals surface area (Å²) >= 11 is 5.61. The van der Waals surface area contributed by atoms with E-state index in [0.717, 1.165) is 6.08 Å². The van der Waals surface area contributed by atoms with Crippen LogP contribution in [0.1, 0.15) is 17.1 Å². The lowest BCUT2D eigenvalue weighted by Crippen LogP contribution is -2.61. The van der Waals surface area contributed by atoms with Crippen LogP contribution in [0.5, 0.6) is 0 Å². The van der Waals surface area contributed by atoms with Gasteiger partial charge in [0.25, 0.3) is 5.60 Å². The standard InChI is InChI=1S/C21H15ClF8N6O2/c22-16-15(24)18(33-9-19(37,20(25,26)27)21(28,29)30)35-17(34-16)12(31)7-14(13-5-6-38-36-13)32-8-10-3-1-2-4-11(10)23/h1-7,31-32,37H,8-9H2,(H,33,34,35)/b14-7-,31-12?. The highest BCUT2D eigenvalue weighted by atomic mass is 35.5. The van der Waals surface area contributed by atoms with E-state index in [1.165, 1.54) is 35.8 Å². The van der Waals surface area contributed by atoms with Crippen LogP contribution in [-0.2, 0) is 6.54 Å². The Hall–Kier alpha value is -3.79. The first-order valence-corrected chi connectivity index (χ1v) is 10.5. The van der Waals surface area contributed by atoms with Crippen LogP contribution in [-0.4, -0.2) is 50.4 Å². The maximum Gasteiger partial charge on any atom is 0.428 e. The van der Waals surface area contributed by atoms with E-state index in [2.05, 4.69) is 20.4 Å². The van der Waals surface area contributed by atoms with Crippen molar-refractivity contribution < 1.29 is 44.8 Å². The average molecular weight is 571 g/mol. The maximum absolute atomic E-state index is 14.3. The third-order valence-corrected chi connectivity index (χ3v) is 5.18. The second-order valence-electron chi connectivity index (χ2n) is 7.51. The van der Waals surface area contributed by atoms with Crippen LogP contribution in [0.25, 0.3) is 5.70 Å². The first-order valence-electron chi connectivity index (χ1n) is 10.2. The zero-order chi connectivity index (χ0) is 28.3. The Kier molecular flexibility index (Phi) is 8.26. The third-order valence-electron chi connectivity index (χ3n) is 4.93. The number of nitrogens with zero attached hydrogens (tertiary/aromatic N) is 3. The molecular formula is C21H15ClF8N6O2. The summed E-state index contributed by atoms with van der Waals surface area (Å²) in [6.45, 7) is -2.38. The number of aliphatic hydroxyl groups is 1. The number of hydrogen-bond acceptors (Lipinski definition) is 8. The van der Waals surface area contributed by atoms with Gasteiger partial charge in [0.1, 0.15) is 23.5 Å². The molecule has 0 unspecified atom stereocenters. The van der Waals surface area contributed by atoms with Crippen LogP contribution in [0.3, 0.4) is 0 Å². The molecule has 3 aromatic rings. The highest BCUT2D eigenvalue weighted by Crippen LogP contribution is 2.43. The summed E-state index contributed by atoms with van der Waals surface area (Å²) in [4.78, 5) is 6.91. The lowest BCUT2D eigenvalue weighted by atomic mass is 10.0. The Balaban J connectivity index is 1.91. The molecule has 38 heavy (non-hydrogen) atoms. The molecule has 0 spiro atoms. The highest BCUT2D eigenvalue weighted by Gasteiger charge is 2.70. The van der Waals surface area contributed by atoms with E-state index in [0.29, 0.717) is 0 Å². The normalized spacial score (nSPS) is 12.9. The van der Waals surface area contributed by atoms with Crippen LogP contribution in [0, 0.1) is 17.0 Å². The molecule has 2 aromatic heterocycles. The number of rotatable bonds is 9. The Bertz CT molecular complexity index is 1310. The van der Waals surface area contributed by atoms with Gasteiger partial charge in [-0.15, -0.1) is 0 Å². The van der Waals surface area contributed by atoms with Gasteiger partial charge in [0, 0.05) is 18.2 Å². The quantitative estimate of drug-likeness (QED) is 0.165. The van der Waals surface area contributed by atoms with Crippen molar-refractivity contribution in [1.29, 1.82) is 5.41 Å². The van der Waals surface area contributed by atoms with Crippen molar-refractivity contribution >= 4 is 28.8 Å². The molecule has 0 aliphatic heterocycles. The lowest BCUT2D eigenvalue weighted by molar-refractivity contribution is -0.362. The first-order chi connectivity index (χ1) is 17.6. The molecule has 3 rings (SSSR count). The number of anilines is 1. The summed E-state index contributed by atoms with van der Waals surface area (Å²) in [5, 5.41) is 24.3. The molecule has 17 heteroatoms. The number of nitrogens with one attached hydrogen (secondary N) is 3. The molecule has 0 bridgehead atoms. The molecule has 0 aliphatic rings. The van der Waals surface area contributed by atoms with Gasteiger partial charge in [0.15, 0.2) is 16.8 Å². The molecule has 0 radical (unpaired) electrons. The zero-order valence-corrected chi connectivity index (χ0v) is 19.3. The Morgan fingerprint density at radius 3 is 2.29 bits per heavy atom. The number of aromatic nitrogens is 3. The Labute approximate surface area is 212 Å². The monoisotopic (exact) mass is 570 g/mol. The summed E-state index contributed by atoms with van der Waals surface area (Å²) in [6.07, 6.45) is -10.2. The molecule has 0 saturated heterocycles. The van der Waals surface area contributed by atoms with Crippen LogP contribution >= 0.6 is 11.6 Å².